The van der Waals surface area contributed by atoms with Crippen LogP contribution in [0.15, 0.2) is 60.8 Å². The number of ketones is 1. The lowest BCUT2D eigenvalue weighted by Crippen LogP contribution is -1.97. The van der Waals surface area contributed by atoms with E-state index in [1.807, 2.05) is 0 Å². The molecule has 0 rings (SSSR count). The van der Waals surface area contributed by atoms with Crippen LogP contribution in [0.5, 0.6) is 0 Å². The van der Waals surface area contributed by atoms with Gasteiger partial charge < -0.3 is 0 Å². The Hall–Kier alpha value is -1.28. The lowest BCUT2D eigenvalue weighted by molar-refractivity contribution is -0.119. The van der Waals surface area contributed by atoms with E-state index in [1.165, 1.54) is 0 Å². The van der Waals surface area contributed by atoms with Gasteiger partial charge in [-0.1, -0.05) is 67.7 Å². The molecule has 146 valence electrons. The van der Waals surface area contributed by atoms with Gasteiger partial charge in [0.15, 0.2) is 0 Å². The van der Waals surface area contributed by atoms with Crippen molar-refractivity contribution in [2.24, 2.45) is 0 Å². The Labute approximate surface area is 167 Å². The predicted molar refractivity (Wildman–Crippen MR) is 121 cm³/mol. The van der Waals surface area contributed by atoms with Crippen LogP contribution in [0.4, 0.5) is 0 Å². The summed E-state index contributed by atoms with van der Waals surface area (Å²) in [5, 5.41) is 0. The molecule has 0 bridgehead atoms. The number of unbranched alkanes of at least 4 members (excludes halogenated alkanes) is 2. The van der Waals surface area contributed by atoms with Gasteiger partial charge in [0.2, 0.25) is 0 Å². The molecular formula is C24H38OS. The number of thiol groups is 1. The van der Waals surface area contributed by atoms with Crippen LogP contribution < -0.4 is 0 Å². The molecule has 0 spiro atoms. The number of hydrogen-bond donors (Lipinski definition) is 1. The van der Waals surface area contributed by atoms with Crippen molar-refractivity contribution in [1.82, 2.24) is 0 Å². The summed E-state index contributed by atoms with van der Waals surface area (Å²) in [4.78, 5) is 11.5. The number of rotatable bonds is 17. The second-order valence-electron chi connectivity index (χ2n) is 6.32. The quantitative estimate of drug-likeness (QED) is 0.158. The zero-order valence-corrected chi connectivity index (χ0v) is 17.5. The van der Waals surface area contributed by atoms with Crippen LogP contribution in [0.25, 0.3) is 0 Å². The number of Topliss-reactive ketones (excluding diaryl/α,β-unsaturated/α-hetero) is 1. The summed E-state index contributed by atoms with van der Waals surface area (Å²) in [5.74, 6) is 1.20. The maximum absolute atomic E-state index is 11.5. The molecular weight excluding hydrogens is 336 g/mol. The van der Waals surface area contributed by atoms with E-state index in [4.69, 9.17) is 0 Å². The predicted octanol–water partition coefficient (Wildman–Crippen LogP) is 7.58. The van der Waals surface area contributed by atoms with Gasteiger partial charge in [-0.3, -0.25) is 4.79 Å². The first kappa shape index (κ1) is 24.7. The van der Waals surface area contributed by atoms with Gasteiger partial charge in [0.05, 0.1) is 0 Å². The summed E-state index contributed by atoms with van der Waals surface area (Å²) in [6, 6.07) is 0. The molecule has 0 aromatic carbocycles. The molecule has 0 saturated carbocycles. The van der Waals surface area contributed by atoms with Crippen molar-refractivity contribution in [2.75, 3.05) is 5.75 Å². The Morgan fingerprint density at radius 1 is 0.654 bits per heavy atom. The van der Waals surface area contributed by atoms with Gasteiger partial charge in [0, 0.05) is 12.8 Å². The topological polar surface area (TPSA) is 17.1 Å². The molecule has 26 heavy (non-hydrogen) atoms. The van der Waals surface area contributed by atoms with Crippen molar-refractivity contribution in [3.05, 3.63) is 60.8 Å². The molecule has 2 heteroatoms. The third-order valence-corrected chi connectivity index (χ3v) is 4.16. The Morgan fingerprint density at radius 2 is 1.12 bits per heavy atom. The van der Waals surface area contributed by atoms with Crippen LogP contribution >= 0.6 is 12.6 Å². The van der Waals surface area contributed by atoms with Crippen molar-refractivity contribution in [2.45, 2.75) is 77.6 Å². The second kappa shape index (κ2) is 21.8. The van der Waals surface area contributed by atoms with Gasteiger partial charge in [-0.2, -0.15) is 12.6 Å². The average molecular weight is 375 g/mol. The van der Waals surface area contributed by atoms with Crippen LogP contribution in [0.3, 0.4) is 0 Å². The van der Waals surface area contributed by atoms with E-state index < -0.39 is 0 Å². The van der Waals surface area contributed by atoms with Gasteiger partial charge in [-0.15, -0.1) is 0 Å². The first-order valence-electron chi connectivity index (χ1n) is 10.2. The van der Waals surface area contributed by atoms with Gasteiger partial charge >= 0.3 is 0 Å². The van der Waals surface area contributed by atoms with Gasteiger partial charge in [-0.25, -0.2) is 0 Å². The van der Waals surface area contributed by atoms with E-state index in [1.54, 1.807) is 0 Å². The minimum Gasteiger partial charge on any atom is -0.300 e. The molecule has 0 fully saturated rings. The number of hydrogen-bond acceptors (Lipinski definition) is 2. The van der Waals surface area contributed by atoms with E-state index in [0.717, 1.165) is 70.0 Å². The van der Waals surface area contributed by atoms with Crippen LogP contribution in [-0.2, 0) is 4.79 Å². The smallest absolute Gasteiger partial charge is 0.132 e. The highest BCUT2D eigenvalue weighted by molar-refractivity contribution is 7.80. The molecule has 0 heterocycles. The van der Waals surface area contributed by atoms with Crippen LogP contribution in [-0.4, -0.2) is 11.5 Å². The van der Waals surface area contributed by atoms with E-state index in [0.29, 0.717) is 12.2 Å². The highest BCUT2D eigenvalue weighted by Crippen LogP contribution is 2.05. The first-order valence-corrected chi connectivity index (χ1v) is 10.8. The third kappa shape index (κ3) is 20.8. The Morgan fingerprint density at radius 3 is 1.62 bits per heavy atom. The maximum Gasteiger partial charge on any atom is 0.132 e. The zero-order valence-electron chi connectivity index (χ0n) is 16.6. The number of carbonyl (C=O) groups excluding carboxylic acids is 1. The molecule has 1 nitrogen and oxygen atoms in total. The van der Waals surface area contributed by atoms with Crippen LogP contribution in [0, 0.1) is 0 Å². The lowest BCUT2D eigenvalue weighted by Gasteiger charge is -1.98. The number of carbonyl (C=O) groups is 1. The molecule has 0 saturated heterocycles. The van der Waals surface area contributed by atoms with E-state index in [9.17, 15) is 4.79 Å². The SMILES string of the molecule is CC/C=C\C/C=C\C/C=C\C/C=C\C/C=C\CCCCC(=O)CCCS. The first-order chi connectivity index (χ1) is 12.8. The van der Waals surface area contributed by atoms with E-state index >= 15 is 0 Å². The molecule has 0 aromatic heterocycles. The number of allylic oxidation sites excluding steroid dienone is 10. The van der Waals surface area contributed by atoms with Gasteiger partial charge in [0.1, 0.15) is 5.78 Å². The summed E-state index contributed by atoms with van der Waals surface area (Å²) in [5.41, 5.74) is 0. The maximum atomic E-state index is 11.5. The Balaban J connectivity index is 3.46. The second-order valence-corrected chi connectivity index (χ2v) is 6.77. The van der Waals surface area contributed by atoms with Crippen molar-refractivity contribution >= 4 is 18.4 Å². The summed E-state index contributed by atoms with van der Waals surface area (Å²) < 4.78 is 0. The fourth-order valence-electron chi connectivity index (χ4n) is 2.35. The molecule has 0 atom stereocenters. The summed E-state index contributed by atoms with van der Waals surface area (Å²) in [6.45, 7) is 2.16. The molecule has 0 N–H and O–H groups in total. The molecule has 0 radical (unpaired) electrons. The average Bonchev–Trinajstić information content (AvgIpc) is 2.65. The molecule has 0 aliphatic carbocycles. The van der Waals surface area contributed by atoms with Crippen LogP contribution in [0.1, 0.15) is 77.6 Å². The normalized spacial score (nSPS) is 12.7. The van der Waals surface area contributed by atoms with Gasteiger partial charge in [0.25, 0.3) is 0 Å². The summed E-state index contributed by atoms with van der Waals surface area (Å²) in [6.07, 6.45) is 32.9. The minimum absolute atomic E-state index is 0.392. The van der Waals surface area contributed by atoms with Crippen molar-refractivity contribution in [3.63, 3.8) is 0 Å². The fourth-order valence-corrected chi connectivity index (χ4v) is 2.51. The van der Waals surface area contributed by atoms with E-state index in [-0.39, 0.29) is 0 Å². The molecule has 0 unspecified atom stereocenters. The monoisotopic (exact) mass is 374 g/mol. The Kier molecular flexibility index (Phi) is 20.7. The largest absolute Gasteiger partial charge is 0.300 e. The Bertz CT molecular complexity index is 455. The van der Waals surface area contributed by atoms with Crippen molar-refractivity contribution in [1.29, 1.82) is 0 Å². The molecule has 0 aromatic rings. The van der Waals surface area contributed by atoms with Crippen molar-refractivity contribution < 1.29 is 4.79 Å². The van der Waals surface area contributed by atoms with Crippen LogP contribution in [0.2, 0.25) is 0 Å². The standard InChI is InChI=1S/C24H38OS/c1-2-3-4-5-6-7-8-9-10-11-12-13-14-15-16-17-18-19-21-24(25)22-20-23-26/h3-4,6-7,9-10,12-13,15-16,26H,2,5,8,11,14,17-23H2,1H3/b4-3-,7-6-,10-9-,13-12-,16-15-. The minimum atomic E-state index is 0.392. The van der Waals surface area contributed by atoms with Crippen molar-refractivity contribution in [3.8, 4) is 0 Å². The summed E-state index contributed by atoms with van der Waals surface area (Å²) >= 11 is 4.13. The fraction of sp³-hybridized carbons (Fsp3) is 0.542. The summed E-state index contributed by atoms with van der Waals surface area (Å²) in [7, 11) is 0. The zero-order chi connectivity index (χ0) is 19.1. The van der Waals surface area contributed by atoms with E-state index in [2.05, 4.69) is 80.3 Å². The third-order valence-electron chi connectivity index (χ3n) is 3.85. The molecule has 0 aliphatic heterocycles. The highest BCUT2D eigenvalue weighted by atomic mass is 32.1. The highest BCUT2D eigenvalue weighted by Gasteiger charge is 1.99. The lowest BCUT2D eigenvalue weighted by atomic mass is 10.1. The van der Waals surface area contributed by atoms with Gasteiger partial charge in [-0.05, 0) is 63.5 Å². The molecule has 0 amide bonds. The molecule has 0 aliphatic rings.